The second kappa shape index (κ2) is 7.92. The minimum absolute atomic E-state index is 0.414. The highest BCUT2D eigenvalue weighted by molar-refractivity contribution is 6.31. The van der Waals surface area contributed by atoms with Crippen LogP contribution in [-0.2, 0) is 16.2 Å². The summed E-state index contributed by atoms with van der Waals surface area (Å²) in [5, 5.41) is 3.95. The molecule has 3 aromatic rings. The Bertz CT molecular complexity index is 1050. The molecule has 1 aliphatic rings. The van der Waals surface area contributed by atoms with Gasteiger partial charge in [0.25, 0.3) is 0 Å². The van der Waals surface area contributed by atoms with E-state index < -0.39 is 5.97 Å². The Morgan fingerprint density at radius 1 is 0.929 bits per heavy atom. The minimum Gasteiger partial charge on any atom is -0.488 e. The summed E-state index contributed by atoms with van der Waals surface area (Å²) in [7, 11) is 0. The molecule has 4 heteroatoms. The van der Waals surface area contributed by atoms with E-state index in [-0.39, 0.29) is 0 Å². The van der Waals surface area contributed by atoms with Crippen molar-refractivity contribution in [2.75, 3.05) is 0 Å². The maximum absolute atomic E-state index is 12.2. The van der Waals surface area contributed by atoms with E-state index in [0.717, 1.165) is 16.7 Å². The molecule has 0 N–H and O–H groups in total. The SMILES string of the molecule is Cc1ccc(COc2ccccc2/C=C2/C(=O)ON=C2c2ccccc2)cc1. The summed E-state index contributed by atoms with van der Waals surface area (Å²) < 4.78 is 6.01. The van der Waals surface area contributed by atoms with Crippen LogP contribution in [0, 0.1) is 6.92 Å². The van der Waals surface area contributed by atoms with Gasteiger partial charge in [0, 0.05) is 11.1 Å². The first kappa shape index (κ1) is 17.7. The van der Waals surface area contributed by atoms with Crippen LogP contribution >= 0.6 is 0 Å². The normalized spacial score (nSPS) is 14.7. The molecule has 0 bridgehead atoms. The highest BCUT2D eigenvalue weighted by Gasteiger charge is 2.27. The van der Waals surface area contributed by atoms with Crippen molar-refractivity contribution in [2.24, 2.45) is 5.16 Å². The monoisotopic (exact) mass is 369 g/mol. The fourth-order valence-corrected chi connectivity index (χ4v) is 2.95. The number of rotatable bonds is 5. The van der Waals surface area contributed by atoms with Gasteiger partial charge in [0.2, 0.25) is 0 Å². The molecule has 0 radical (unpaired) electrons. The zero-order chi connectivity index (χ0) is 19.3. The highest BCUT2D eigenvalue weighted by Crippen LogP contribution is 2.26. The van der Waals surface area contributed by atoms with E-state index in [2.05, 4.69) is 24.2 Å². The Balaban J connectivity index is 1.61. The predicted molar refractivity (Wildman–Crippen MR) is 109 cm³/mol. The van der Waals surface area contributed by atoms with Crippen molar-refractivity contribution in [3.63, 3.8) is 0 Å². The summed E-state index contributed by atoms with van der Waals surface area (Å²) in [4.78, 5) is 17.2. The van der Waals surface area contributed by atoms with Crippen LogP contribution in [0.3, 0.4) is 0 Å². The number of hydrogen-bond donors (Lipinski definition) is 0. The summed E-state index contributed by atoms with van der Waals surface area (Å²) in [5.74, 6) is 0.231. The van der Waals surface area contributed by atoms with Crippen LogP contribution in [0.15, 0.2) is 89.6 Å². The van der Waals surface area contributed by atoms with Gasteiger partial charge in [-0.05, 0) is 24.6 Å². The van der Waals surface area contributed by atoms with Crippen LogP contribution < -0.4 is 4.74 Å². The van der Waals surface area contributed by atoms with Crippen molar-refractivity contribution in [3.05, 3.63) is 107 Å². The first-order valence-corrected chi connectivity index (χ1v) is 9.05. The van der Waals surface area contributed by atoms with Crippen molar-refractivity contribution in [2.45, 2.75) is 13.5 Å². The van der Waals surface area contributed by atoms with E-state index in [1.807, 2.05) is 66.7 Å². The van der Waals surface area contributed by atoms with Gasteiger partial charge in [0.15, 0.2) is 0 Å². The summed E-state index contributed by atoms with van der Waals surface area (Å²) in [6.07, 6.45) is 1.77. The van der Waals surface area contributed by atoms with Gasteiger partial charge in [-0.25, -0.2) is 4.79 Å². The maximum Gasteiger partial charge on any atom is 0.368 e. The van der Waals surface area contributed by atoms with E-state index in [1.165, 1.54) is 5.56 Å². The van der Waals surface area contributed by atoms with Crippen LogP contribution in [-0.4, -0.2) is 11.7 Å². The molecular formula is C24H19NO3. The first-order chi connectivity index (χ1) is 13.7. The fraction of sp³-hybridized carbons (Fsp3) is 0.0833. The molecule has 28 heavy (non-hydrogen) atoms. The van der Waals surface area contributed by atoms with Crippen LogP contribution in [0.1, 0.15) is 22.3 Å². The lowest BCUT2D eigenvalue weighted by Crippen LogP contribution is -2.07. The van der Waals surface area contributed by atoms with Gasteiger partial charge in [0.05, 0.1) is 5.57 Å². The average molecular weight is 369 g/mol. The number of hydrogen-bond acceptors (Lipinski definition) is 4. The van der Waals surface area contributed by atoms with E-state index >= 15 is 0 Å². The summed E-state index contributed by atoms with van der Waals surface area (Å²) in [6.45, 7) is 2.50. The average Bonchev–Trinajstić information content (AvgIpc) is 3.09. The van der Waals surface area contributed by atoms with Gasteiger partial charge in [-0.3, -0.25) is 0 Å². The number of ether oxygens (including phenoxy) is 1. The summed E-state index contributed by atoms with van der Waals surface area (Å²) >= 11 is 0. The first-order valence-electron chi connectivity index (χ1n) is 9.05. The summed E-state index contributed by atoms with van der Waals surface area (Å²) in [6, 6.07) is 25.3. The molecule has 0 saturated heterocycles. The largest absolute Gasteiger partial charge is 0.488 e. The Labute approximate surface area is 163 Å². The Hall–Kier alpha value is -3.66. The number of carbonyl (C=O) groups is 1. The lowest BCUT2D eigenvalue weighted by atomic mass is 10.0. The maximum atomic E-state index is 12.2. The molecule has 138 valence electrons. The Morgan fingerprint density at radius 3 is 2.43 bits per heavy atom. The molecule has 1 aliphatic heterocycles. The third-order valence-electron chi connectivity index (χ3n) is 4.48. The minimum atomic E-state index is -0.466. The number of aryl methyl sites for hydroxylation is 1. The third-order valence-corrected chi connectivity index (χ3v) is 4.48. The van der Waals surface area contributed by atoms with E-state index in [4.69, 9.17) is 9.57 Å². The smallest absolute Gasteiger partial charge is 0.368 e. The van der Waals surface area contributed by atoms with Crippen LogP contribution in [0.2, 0.25) is 0 Å². The van der Waals surface area contributed by atoms with Crippen LogP contribution in [0.5, 0.6) is 5.75 Å². The number of nitrogens with zero attached hydrogens (tertiary/aromatic N) is 1. The lowest BCUT2D eigenvalue weighted by molar-refractivity contribution is -0.136. The van der Waals surface area contributed by atoms with Crippen molar-refractivity contribution in [1.82, 2.24) is 0 Å². The molecule has 0 aliphatic carbocycles. The fourth-order valence-electron chi connectivity index (χ4n) is 2.95. The molecule has 0 fully saturated rings. The zero-order valence-corrected chi connectivity index (χ0v) is 15.5. The van der Waals surface area contributed by atoms with Gasteiger partial charge in [-0.2, -0.15) is 0 Å². The Morgan fingerprint density at radius 2 is 1.64 bits per heavy atom. The molecule has 0 aromatic heterocycles. The van der Waals surface area contributed by atoms with Crippen molar-refractivity contribution in [3.8, 4) is 5.75 Å². The van der Waals surface area contributed by atoms with Crippen molar-refractivity contribution in [1.29, 1.82) is 0 Å². The molecule has 1 heterocycles. The van der Waals surface area contributed by atoms with Crippen LogP contribution in [0.4, 0.5) is 0 Å². The van der Waals surface area contributed by atoms with E-state index in [9.17, 15) is 4.79 Å². The second-order valence-electron chi connectivity index (χ2n) is 6.55. The molecule has 0 unspecified atom stereocenters. The van der Waals surface area contributed by atoms with E-state index in [1.54, 1.807) is 6.08 Å². The van der Waals surface area contributed by atoms with Gasteiger partial charge < -0.3 is 9.57 Å². The lowest BCUT2D eigenvalue weighted by Gasteiger charge is -2.10. The molecule has 3 aromatic carbocycles. The zero-order valence-electron chi connectivity index (χ0n) is 15.5. The number of carbonyl (C=O) groups excluding carboxylic acids is 1. The third kappa shape index (κ3) is 3.86. The number of oxime groups is 1. The van der Waals surface area contributed by atoms with Gasteiger partial charge in [-0.1, -0.05) is 83.5 Å². The molecule has 4 nitrogen and oxygen atoms in total. The quantitative estimate of drug-likeness (QED) is 0.474. The second-order valence-corrected chi connectivity index (χ2v) is 6.55. The highest BCUT2D eigenvalue weighted by atomic mass is 16.7. The molecular weight excluding hydrogens is 350 g/mol. The summed E-state index contributed by atoms with van der Waals surface area (Å²) in [5.41, 5.74) is 4.86. The predicted octanol–water partition coefficient (Wildman–Crippen LogP) is 4.92. The molecule has 0 saturated carbocycles. The molecule has 0 atom stereocenters. The van der Waals surface area contributed by atoms with Crippen LogP contribution in [0.25, 0.3) is 6.08 Å². The van der Waals surface area contributed by atoms with Crippen molar-refractivity contribution < 1.29 is 14.4 Å². The molecule has 4 rings (SSSR count). The van der Waals surface area contributed by atoms with Gasteiger partial charge >= 0.3 is 5.97 Å². The van der Waals surface area contributed by atoms with Crippen molar-refractivity contribution >= 4 is 17.8 Å². The standard InChI is InChI=1S/C24H19NO3/c1-17-11-13-18(14-12-17)16-27-22-10-6-5-9-20(22)15-21-23(25-28-24(21)26)19-7-3-2-4-8-19/h2-15H,16H2,1H3/b21-15+. The topological polar surface area (TPSA) is 47.9 Å². The van der Waals surface area contributed by atoms with Gasteiger partial charge in [-0.15, -0.1) is 0 Å². The molecule has 0 amide bonds. The number of para-hydroxylation sites is 1. The van der Waals surface area contributed by atoms with E-state index in [0.29, 0.717) is 23.6 Å². The number of benzene rings is 3. The Kier molecular flexibility index (Phi) is 5.02. The van der Waals surface area contributed by atoms with Gasteiger partial charge in [0.1, 0.15) is 18.1 Å². The molecule has 0 spiro atoms.